The number of thioether (sulfide) groups is 1. The Hall–Kier alpha value is -1.24. The maximum absolute atomic E-state index is 12.2. The van der Waals surface area contributed by atoms with E-state index < -0.39 is 10.3 Å². The molecule has 2 saturated heterocycles. The Balaban J connectivity index is 1.86. The van der Waals surface area contributed by atoms with Gasteiger partial charge in [-0.1, -0.05) is 11.8 Å². The fourth-order valence-electron chi connectivity index (χ4n) is 2.95. The van der Waals surface area contributed by atoms with Crippen LogP contribution in [0.2, 0.25) is 0 Å². The molecule has 7 heteroatoms. The number of ether oxygens (including phenoxy) is 1. The molecule has 2 heterocycles. The standard InChI is InChI=1S/C16H27N3O3S/c1-15(2,3)22-14(21)19-8-6-11(7-9-19)10-16(4)12(20)18-13(17-5)23-16/h11H,6-10H2,1-5H3,(H,17,18,20). The number of hydrogen-bond donors (Lipinski definition) is 1. The summed E-state index contributed by atoms with van der Waals surface area (Å²) >= 11 is 1.51. The molecular formula is C16H27N3O3S. The van der Waals surface area contributed by atoms with Gasteiger partial charge < -0.3 is 15.0 Å². The second-order valence-electron chi connectivity index (χ2n) is 7.43. The Morgan fingerprint density at radius 1 is 1.43 bits per heavy atom. The van der Waals surface area contributed by atoms with Crippen LogP contribution in [-0.2, 0) is 9.53 Å². The lowest BCUT2D eigenvalue weighted by atomic mass is 9.87. The van der Waals surface area contributed by atoms with Crippen molar-refractivity contribution in [2.45, 2.75) is 57.3 Å². The van der Waals surface area contributed by atoms with E-state index >= 15 is 0 Å². The Bertz CT molecular complexity index is 507. The molecule has 0 aromatic carbocycles. The first kappa shape index (κ1) is 18.1. The zero-order valence-electron chi connectivity index (χ0n) is 14.6. The zero-order chi connectivity index (χ0) is 17.3. The molecule has 0 aliphatic carbocycles. The van der Waals surface area contributed by atoms with E-state index in [9.17, 15) is 9.59 Å². The highest BCUT2D eigenvalue weighted by Gasteiger charge is 2.44. The number of carbonyl (C=O) groups is 2. The van der Waals surface area contributed by atoms with E-state index in [1.165, 1.54) is 11.8 Å². The van der Waals surface area contributed by atoms with E-state index in [1.807, 2.05) is 27.7 Å². The first-order valence-corrected chi connectivity index (χ1v) is 8.90. The largest absolute Gasteiger partial charge is 0.444 e. The van der Waals surface area contributed by atoms with Crippen LogP contribution in [0.4, 0.5) is 4.79 Å². The van der Waals surface area contributed by atoms with Crippen molar-refractivity contribution in [2.24, 2.45) is 10.9 Å². The van der Waals surface area contributed by atoms with Gasteiger partial charge in [0.15, 0.2) is 5.17 Å². The minimum absolute atomic E-state index is 0.0395. The summed E-state index contributed by atoms with van der Waals surface area (Å²) in [6, 6.07) is 0. The third-order valence-corrected chi connectivity index (χ3v) is 5.45. The summed E-state index contributed by atoms with van der Waals surface area (Å²) in [5.74, 6) is 0.478. The lowest BCUT2D eigenvalue weighted by Crippen LogP contribution is -2.43. The average molecular weight is 341 g/mol. The van der Waals surface area contributed by atoms with Crippen LogP contribution < -0.4 is 5.32 Å². The molecule has 2 fully saturated rings. The Kier molecular flexibility index (Phi) is 5.28. The summed E-state index contributed by atoms with van der Waals surface area (Å²) in [4.78, 5) is 30.1. The van der Waals surface area contributed by atoms with Gasteiger partial charge in [-0.05, 0) is 52.9 Å². The van der Waals surface area contributed by atoms with Crippen molar-refractivity contribution in [3.05, 3.63) is 0 Å². The number of hydrogen-bond acceptors (Lipinski definition) is 5. The summed E-state index contributed by atoms with van der Waals surface area (Å²) in [7, 11) is 1.69. The lowest BCUT2D eigenvalue weighted by Gasteiger charge is -2.35. The Labute approximate surface area is 142 Å². The van der Waals surface area contributed by atoms with Gasteiger partial charge in [-0.2, -0.15) is 0 Å². The number of aliphatic imine (C=N–C) groups is 1. The van der Waals surface area contributed by atoms with Crippen molar-refractivity contribution in [3.8, 4) is 0 Å². The first-order chi connectivity index (χ1) is 10.6. The molecule has 0 saturated carbocycles. The van der Waals surface area contributed by atoms with Crippen LogP contribution in [0, 0.1) is 5.92 Å². The smallest absolute Gasteiger partial charge is 0.410 e. The summed E-state index contributed by atoms with van der Waals surface area (Å²) in [5.41, 5.74) is -0.462. The highest BCUT2D eigenvalue weighted by atomic mass is 32.2. The number of carbonyl (C=O) groups excluding carboxylic acids is 2. The maximum Gasteiger partial charge on any atom is 0.410 e. The molecule has 2 aliphatic rings. The topological polar surface area (TPSA) is 71.0 Å². The fourth-order valence-corrected chi connectivity index (χ4v) is 4.07. The number of likely N-dealkylation sites (tertiary alicyclic amines) is 1. The molecule has 0 spiro atoms. The molecule has 0 radical (unpaired) electrons. The molecule has 6 nitrogen and oxygen atoms in total. The summed E-state index contributed by atoms with van der Waals surface area (Å²) in [5, 5.41) is 3.52. The monoisotopic (exact) mass is 341 g/mol. The zero-order valence-corrected chi connectivity index (χ0v) is 15.5. The second-order valence-corrected chi connectivity index (χ2v) is 8.92. The van der Waals surface area contributed by atoms with Gasteiger partial charge in [0.05, 0.1) is 4.75 Å². The molecule has 1 atom stereocenters. The van der Waals surface area contributed by atoms with Gasteiger partial charge >= 0.3 is 6.09 Å². The molecule has 2 rings (SSSR count). The first-order valence-electron chi connectivity index (χ1n) is 8.08. The van der Waals surface area contributed by atoms with Crippen LogP contribution in [0.1, 0.15) is 47.0 Å². The van der Waals surface area contributed by atoms with E-state index in [-0.39, 0.29) is 12.0 Å². The minimum atomic E-state index is -0.462. The quantitative estimate of drug-likeness (QED) is 0.838. The van der Waals surface area contributed by atoms with E-state index in [1.54, 1.807) is 11.9 Å². The van der Waals surface area contributed by atoms with Crippen molar-refractivity contribution >= 4 is 28.9 Å². The Morgan fingerprint density at radius 2 is 2.04 bits per heavy atom. The van der Waals surface area contributed by atoms with Crippen LogP contribution >= 0.6 is 11.8 Å². The summed E-state index contributed by atoms with van der Waals surface area (Å²) in [6.07, 6.45) is 2.38. The number of nitrogens with zero attached hydrogens (tertiary/aromatic N) is 2. The van der Waals surface area contributed by atoms with E-state index in [0.29, 0.717) is 24.2 Å². The van der Waals surface area contributed by atoms with Gasteiger partial charge in [-0.15, -0.1) is 0 Å². The van der Waals surface area contributed by atoms with E-state index in [4.69, 9.17) is 4.74 Å². The second kappa shape index (κ2) is 6.71. The molecule has 0 aromatic rings. The molecule has 2 aliphatic heterocycles. The summed E-state index contributed by atoms with van der Waals surface area (Å²) < 4.78 is 4.96. The predicted octanol–water partition coefficient (Wildman–Crippen LogP) is 2.63. The van der Waals surface area contributed by atoms with Gasteiger partial charge in [0.1, 0.15) is 5.60 Å². The van der Waals surface area contributed by atoms with Crippen LogP contribution in [0.5, 0.6) is 0 Å². The van der Waals surface area contributed by atoms with E-state index in [2.05, 4.69) is 10.3 Å². The molecule has 0 bridgehead atoms. The van der Waals surface area contributed by atoms with Crippen molar-refractivity contribution in [3.63, 3.8) is 0 Å². The number of amidine groups is 1. The predicted molar refractivity (Wildman–Crippen MR) is 92.6 cm³/mol. The van der Waals surface area contributed by atoms with Crippen molar-refractivity contribution in [1.29, 1.82) is 0 Å². The number of nitrogens with one attached hydrogen (secondary N) is 1. The van der Waals surface area contributed by atoms with Crippen molar-refractivity contribution < 1.29 is 14.3 Å². The third kappa shape index (κ3) is 4.62. The summed E-state index contributed by atoms with van der Waals surface area (Å²) in [6.45, 7) is 8.99. The van der Waals surface area contributed by atoms with Gasteiger partial charge in [-0.25, -0.2) is 4.79 Å². The van der Waals surface area contributed by atoms with Gasteiger partial charge in [0.25, 0.3) is 0 Å². The lowest BCUT2D eigenvalue weighted by molar-refractivity contribution is -0.121. The SMILES string of the molecule is CN=C1NC(=O)C(C)(CC2CCN(C(=O)OC(C)(C)C)CC2)S1. The normalized spacial score (nSPS) is 28.1. The fraction of sp³-hybridized carbons (Fsp3) is 0.812. The minimum Gasteiger partial charge on any atom is -0.444 e. The molecule has 1 N–H and O–H groups in total. The Morgan fingerprint density at radius 3 is 2.52 bits per heavy atom. The number of rotatable bonds is 2. The van der Waals surface area contributed by atoms with Crippen LogP contribution in [0.3, 0.4) is 0 Å². The highest BCUT2D eigenvalue weighted by molar-refractivity contribution is 8.16. The molecule has 130 valence electrons. The van der Waals surface area contributed by atoms with Crippen LogP contribution in [0.15, 0.2) is 4.99 Å². The van der Waals surface area contributed by atoms with Crippen LogP contribution in [-0.4, -0.2) is 52.6 Å². The van der Waals surface area contributed by atoms with Gasteiger partial charge in [-0.3, -0.25) is 9.79 Å². The average Bonchev–Trinajstić information content (AvgIpc) is 2.73. The van der Waals surface area contributed by atoms with Gasteiger partial charge in [0, 0.05) is 20.1 Å². The molecule has 2 amide bonds. The maximum atomic E-state index is 12.2. The third-order valence-electron chi connectivity index (χ3n) is 4.17. The van der Waals surface area contributed by atoms with Crippen molar-refractivity contribution in [2.75, 3.05) is 20.1 Å². The highest BCUT2D eigenvalue weighted by Crippen LogP contribution is 2.39. The van der Waals surface area contributed by atoms with Crippen molar-refractivity contribution in [1.82, 2.24) is 10.2 Å². The van der Waals surface area contributed by atoms with E-state index in [0.717, 1.165) is 19.3 Å². The molecule has 0 aromatic heterocycles. The molecular weight excluding hydrogens is 314 g/mol. The number of amides is 2. The van der Waals surface area contributed by atoms with Gasteiger partial charge in [0.2, 0.25) is 5.91 Å². The number of piperidine rings is 1. The molecule has 23 heavy (non-hydrogen) atoms. The van der Waals surface area contributed by atoms with Crippen LogP contribution in [0.25, 0.3) is 0 Å². The molecule has 1 unspecified atom stereocenters.